The van der Waals surface area contributed by atoms with Crippen LogP contribution in [0.2, 0.25) is 0 Å². The van der Waals surface area contributed by atoms with Gasteiger partial charge in [-0.25, -0.2) is 9.59 Å². The number of ether oxygens (including phenoxy) is 1. The highest BCUT2D eigenvalue weighted by Gasteiger charge is 2.28. The van der Waals surface area contributed by atoms with Gasteiger partial charge in [0.25, 0.3) is 0 Å². The van der Waals surface area contributed by atoms with E-state index in [1.165, 1.54) is 11.1 Å². The van der Waals surface area contributed by atoms with E-state index in [4.69, 9.17) is 9.84 Å². The second kappa shape index (κ2) is 11.3. The fraction of sp³-hybridized carbons (Fsp3) is 0.400. The molecule has 0 aliphatic heterocycles. The molecular weight excluding hydrogens is 408 g/mol. The van der Waals surface area contributed by atoms with Crippen molar-refractivity contribution in [2.75, 3.05) is 13.2 Å². The summed E-state index contributed by atoms with van der Waals surface area (Å²) >= 11 is 0. The van der Waals surface area contributed by atoms with Crippen molar-refractivity contribution in [2.24, 2.45) is 0 Å². The zero-order valence-electron chi connectivity index (χ0n) is 18.3. The van der Waals surface area contributed by atoms with Crippen molar-refractivity contribution in [3.8, 4) is 11.1 Å². The van der Waals surface area contributed by atoms with Gasteiger partial charge in [0.05, 0.1) is 0 Å². The molecule has 32 heavy (non-hydrogen) atoms. The molecule has 1 atom stereocenters. The van der Waals surface area contributed by atoms with Crippen molar-refractivity contribution < 1.29 is 24.2 Å². The lowest BCUT2D eigenvalue weighted by Crippen LogP contribution is -2.40. The number of amides is 2. The number of carbonyl (C=O) groups excluding carboxylic acids is 2. The number of aliphatic carboxylic acids is 1. The summed E-state index contributed by atoms with van der Waals surface area (Å²) < 4.78 is 5.48. The average Bonchev–Trinajstić information content (AvgIpc) is 3.11. The predicted octanol–water partition coefficient (Wildman–Crippen LogP) is 4.06. The second-order valence-corrected chi connectivity index (χ2v) is 7.96. The maximum atomic E-state index is 12.1. The number of benzene rings is 2. The number of nitrogens with one attached hydrogen (secondary N) is 2. The summed E-state index contributed by atoms with van der Waals surface area (Å²) in [6.07, 6.45) is 1.98. The van der Waals surface area contributed by atoms with Crippen molar-refractivity contribution in [1.82, 2.24) is 10.6 Å². The summed E-state index contributed by atoms with van der Waals surface area (Å²) in [6.45, 7) is 2.52. The molecular formula is C25H30N2O5. The van der Waals surface area contributed by atoms with Gasteiger partial charge in [0.15, 0.2) is 0 Å². The third-order valence-electron chi connectivity index (χ3n) is 5.65. The Morgan fingerprint density at radius 1 is 1.00 bits per heavy atom. The molecule has 0 saturated carbocycles. The standard InChI is InChI=1S/C25H30N2O5/c1-2-9-22(24(29)30)27-23(28)14-7-8-15-26-25(31)32-16-21-19-12-5-3-10-17(19)18-11-4-6-13-20(18)21/h3-6,10-13,21-22H,2,7-9,14-16H2,1H3,(H,26,31)(H,27,28)(H,29,30). The smallest absolute Gasteiger partial charge is 0.407 e. The number of fused-ring (bicyclic) bond motifs is 3. The van der Waals surface area contributed by atoms with Crippen LogP contribution < -0.4 is 10.6 Å². The Balaban J connectivity index is 1.38. The Kier molecular flexibility index (Phi) is 8.25. The highest BCUT2D eigenvalue weighted by atomic mass is 16.5. The van der Waals surface area contributed by atoms with Crippen LogP contribution >= 0.6 is 0 Å². The minimum Gasteiger partial charge on any atom is -0.480 e. The normalized spacial score (nSPS) is 13.0. The molecule has 0 spiro atoms. The minimum absolute atomic E-state index is 0.0159. The Hall–Kier alpha value is -3.35. The van der Waals surface area contributed by atoms with Crippen molar-refractivity contribution >= 4 is 18.0 Å². The van der Waals surface area contributed by atoms with Gasteiger partial charge in [0.1, 0.15) is 12.6 Å². The largest absolute Gasteiger partial charge is 0.480 e. The quantitative estimate of drug-likeness (QED) is 0.459. The van der Waals surface area contributed by atoms with E-state index < -0.39 is 18.1 Å². The van der Waals surface area contributed by atoms with Gasteiger partial charge in [-0.15, -0.1) is 0 Å². The summed E-state index contributed by atoms with van der Waals surface area (Å²) in [5.74, 6) is -1.29. The lowest BCUT2D eigenvalue weighted by molar-refractivity contribution is -0.142. The van der Waals surface area contributed by atoms with Crippen LogP contribution in [0.4, 0.5) is 4.79 Å². The number of carbonyl (C=O) groups is 3. The molecule has 0 heterocycles. The first-order valence-corrected chi connectivity index (χ1v) is 11.1. The summed E-state index contributed by atoms with van der Waals surface area (Å²) in [5, 5.41) is 14.3. The summed E-state index contributed by atoms with van der Waals surface area (Å²) in [5.41, 5.74) is 4.68. The van der Waals surface area contributed by atoms with Gasteiger partial charge < -0.3 is 20.5 Å². The van der Waals surface area contributed by atoms with Gasteiger partial charge >= 0.3 is 12.1 Å². The number of unbranched alkanes of at least 4 members (excludes halogenated alkanes) is 1. The van der Waals surface area contributed by atoms with Crippen LogP contribution in [-0.2, 0) is 14.3 Å². The van der Waals surface area contributed by atoms with E-state index in [0.717, 1.165) is 11.1 Å². The molecule has 0 bridgehead atoms. The SMILES string of the molecule is CCCC(NC(=O)CCCCNC(=O)OCC1c2ccccc2-c2ccccc21)C(=O)O. The molecule has 0 aromatic heterocycles. The lowest BCUT2D eigenvalue weighted by atomic mass is 9.98. The van der Waals surface area contributed by atoms with Crippen molar-refractivity contribution in [3.63, 3.8) is 0 Å². The van der Waals surface area contributed by atoms with Gasteiger partial charge in [-0.3, -0.25) is 4.79 Å². The van der Waals surface area contributed by atoms with Crippen LogP contribution in [-0.4, -0.2) is 42.3 Å². The number of rotatable bonds is 11. The van der Waals surface area contributed by atoms with E-state index in [-0.39, 0.29) is 24.9 Å². The van der Waals surface area contributed by atoms with Gasteiger partial charge in [-0.2, -0.15) is 0 Å². The molecule has 2 aromatic rings. The van der Waals surface area contributed by atoms with E-state index >= 15 is 0 Å². The van der Waals surface area contributed by atoms with Crippen LogP contribution in [0, 0.1) is 0 Å². The number of hydrogen-bond acceptors (Lipinski definition) is 4. The number of carboxylic acids is 1. The van der Waals surface area contributed by atoms with Crippen LogP contribution in [0.25, 0.3) is 11.1 Å². The summed E-state index contributed by atoms with van der Waals surface area (Å²) in [4.78, 5) is 35.1. The first-order chi connectivity index (χ1) is 15.5. The third-order valence-corrected chi connectivity index (χ3v) is 5.65. The molecule has 7 heteroatoms. The maximum Gasteiger partial charge on any atom is 0.407 e. The maximum absolute atomic E-state index is 12.1. The lowest BCUT2D eigenvalue weighted by Gasteiger charge is -2.15. The molecule has 1 unspecified atom stereocenters. The molecule has 0 fully saturated rings. The minimum atomic E-state index is -1.02. The fourth-order valence-electron chi connectivity index (χ4n) is 4.06. The molecule has 170 valence electrons. The molecule has 0 saturated heterocycles. The highest BCUT2D eigenvalue weighted by Crippen LogP contribution is 2.44. The first kappa shape index (κ1) is 23.3. The third kappa shape index (κ3) is 5.87. The first-order valence-electron chi connectivity index (χ1n) is 11.1. The zero-order chi connectivity index (χ0) is 22.9. The Morgan fingerprint density at radius 3 is 2.22 bits per heavy atom. The van der Waals surface area contributed by atoms with Crippen LogP contribution in [0.1, 0.15) is 56.1 Å². The topological polar surface area (TPSA) is 105 Å². The Morgan fingerprint density at radius 2 is 1.62 bits per heavy atom. The Bertz CT molecular complexity index is 913. The molecule has 7 nitrogen and oxygen atoms in total. The summed E-state index contributed by atoms with van der Waals surface area (Å²) in [7, 11) is 0. The number of hydrogen-bond donors (Lipinski definition) is 3. The average molecular weight is 439 g/mol. The second-order valence-electron chi connectivity index (χ2n) is 7.96. The molecule has 3 rings (SSSR count). The van der Waals surface area contributed by atoms with E-state index in [2.05, 4.69) is 34.9 Å². The summed E-state index contributed by atoms with van der Waals surface area (Å²) in [6, 6.07) is 15.5. The van der Waals surface area contributed by atoms with E-state index in [1.807, 2.05) is 31.2 Å². The van der Waals surface area contributed by atoms with E-state index in [9.17, 15) is 14.4 Å². The van der Waals surface area contributed by atoms with Gasteiger partial charge in [-0.05, 0) is 41.5 Å². The van der Waals surface area contributed by atoms with Gasteiger partial charge in [0, 0.05) is 18.9 Å². The molecule has 2 aromatic carbocycles. The van der Waals surface area contributed by atoms with Crippen LogP contribution in [0.15, 0.2) is 48.5 Å². The molecule has 2 amide bonds. The predicted molar refractivity (Wildman–Crippen MR) is 121 cm³/mol. The highest BCUT2D eigenvalue weighted by molar-refractivity contribution is 5.83. The van der Waals surface area contributed by atoms with E-state index in [1.54, 1.807) is 0 Å². The monoisotopic (exact) mass is 438 g/mol. The molecule has 0 radical (unpaired) electrons. The van der Waals surface area contributed by atoms with Gasteiger partial charge in [-0.1, -0.05) is 61.9 Å². The molecule has 1 aliphatic rings. The fourth-order valence-corrected chi connectivity index (χ4v) is 4.06. The number of carboxylic acid groups (broad SMARTS) is 1. The number of alkyl carbamates (subject to hydrolysis) is 1. The molecule has 3 N–H and O–H groups in total. The van der Waals surface area contributed by atoms with Crippen LogP contribution in [0.5, 0.6) is 0 Å². The van der Waals surface area contributed by atoms with Gasteiger partial charge in [0.2, 0.25) is 5.91 Å². The van der Waals surface area contributed by atoms with Crippen molar-refractivity contribution in [2.45, 2.75) is 51.0 Å². The zero-order valence-corrected chi connectivity index (χ0v) is 18.3. The van der Waals surface area contributed by atoms with Crippen molar-refractivity contribution in [3.05, 3.63) is 59.7 Å². The Labute approximate surface area is 188 Å². The van der Waals surface area contributed by atoms with Crippen molar-refractivity contribution in [1.29, 1.82) is 0 Å². The molecule has 1 aliphatic carbocycles. The van der Waals surface area contributed by atoms with E-state index in [0.29, 0.717) is 32.2 Å². The van der Waals surface area contributed by atoms with Crippen LogP contribution in [0.3, 0.4) is 0 Å².